The van der Waals surface area contributed by atoms with Gasteiger partial charge in [-0.05, 0) is 30.5 Å². The molecule has 2 saturated heterocycles. The Morgan fingerprint density at radius 2 is 1.93 bits per heavy atom. The number of fused-ring (bicyclic) bond motifs is 2. The Labute approximate surface area is 174 Å². The van der Waals surface area contributed by atoms with Gasteiger partial charge in [0.25, 0.3) is 5.91 Å². The molecule has 29 heavy (non-hydrogen) atoms. The Morgan fingerprint density at radius 1 is 1.14 bits per heavy atom. The Kier molecular flexibility index (Phi) is 4.98. The van der Waals surface area contributed by atoms with Gasteiger partial charge < -0.3 is 14.4 Å². The van der Waals surface area contributed by atoms with Crippen molar-refractivity contribution < 1.29 is 22.7 Å². The standard InChI is InChI=1S/C20H24N2O5S2/c23-19(14-4-2-1-3-5-14)21-20-22(15-10-29(24,25)11-18(15)28-20)9-13-6-7-16-17(8-13)27-12-26-16/h6-8,14-15,18H,1-5,9-12H2. The molecule has 5 rings (SSSR count). The predicted octanol–water partition coefficient (Wildman–Crippen LogP) is 2.59. The number of amidine groups is 1. The van der Waals surface area contributed by atoms with Crippen molar-refractivity contribution in [1.82, 2.24) is 4.90 Å². The summed E-state index contributed by atoms with van der Waals surface area (Å²) in [7, 11) is -3.06. The van der Waals surface area contributed by atoms with Gasteiger partial charge in [0.15, 0.2) is 26.5 Å². The zero-order chi connectivity index (χ0) is 20.0. The number of thioether (sulfide) groups is 1. The Balaban J connectivity index is 1.41. The first-order chi connectivity index (χ1) is 14.0. The number of carbonyl (C=O) groups excluding carboxylic acids is 1. The molecular formula is C20H24N2O5S2. The van der Waals surface area contributed by atoms with E-state index in [1.807, 2.05) is 23.1 Å². The van der Waals surface area contributed by atoms with Gasteiger partial charge in [0.1, 0.15) is 0 Å². The van der Waals surface area contributed by atoms with Crippen molar-refractivity contribution in [2.75, 3.05) is 18.3 Å². The highest BCUT2D eigenvalue weighted by Gasteiger charge is 2.48. The van der Waals surface area contributed by atoms with Gasteiger partial charge in [0, 0.05) is 17.7 Å². The zero-order valence-electron chi connectivity index (χ0n) is 16.1. The van der Waals surface area contributed by atoms with Gasteiger partial charge in [-0.1, -0.05) is 37.1 Å². The van der Waals surface area contributed by atoms with Crippen LogP contribution in [-0.4, -0.2) is 54.0 Å². The Hall–Kier alpha value is -1.74. The van der Waals surface area contributed by atoms with Crippen molar-refractivity contribution in [2.24, 2.45) is 10.9 Å². The lowest BCUT2D eigenvalue weighted by atomic mass is 9.89. The first-order valence-electron chi connectivity index (χ1n) is 10.1. The second-order valence-electron chi connectivity index (χ2n) is 8.18. The fourth-order valence-electron chi connectivity index (χ4n) is 4.59. The van der Waals surface area contributed by atoms with Crippen molar-refractivity contribution in [1.29, 1.82) is 0 Å². The third-order valence-electron chi connectivity index (χ3n) is 6.13. The molecule has 3 aliphatic heterocycles. The Bertz CT molecular complexity index is 956. The second kappa shape index (κ2) is 7.50. The summed E-state index contributed by atoms with van der Waals surface area (Å²) in [5.74, 6) is 1.63. The molecule has 156 valence electrons. The molecule has 0 aromatic heterocycles. The molecule has 0 N–H and O–H groups in total. The number of ether oxygens (including phenoxy) is 2. The van der Waals surface area contributed by atoms with Gasteiger partial charge in [-0.2, -0.15) is 4.99 Å². The highest BCUT2D eigenvalue weighted by molar-refractivity contribution is 8.15. The van der Waals surface area contributed by atoms with Gasteiger partial charge in [-0.3, -0.25) is 4.79 Å². The molecular weight excluding hydrogens is 412 g/mol. The molecule has 1 aliphatic carbocycles. The summed E-state index contributed by atoms with van der Waals surface area (Å²) < 4.78 is 35.2. The molecule has 0 radical (unpaired) electrons. The maximum atomic E-state index is 12.8. The van der Waals surface area contributed by atoms with E-state index in [1.54, 1.807) is 0 Å². The van der Waals surface area contributed by atoms with Crippen LogP contribution in [0.3, 0.4) is 0 Å². The predicted molar refractivity (Wildman–Crippen MR) is 111 cm³/mol. The molecule has 4 aliphatic rings. The van der Waals surface area contributed by atoms with E-state index in [0.29, 0.717) is 23.2 Å². The lowest BCUT2D eigenvalue weighted by molar-refractivity contribution is -0.122. The SMILES string of the molecule is O=C(N=C1SC2CS(=O)(=O)CC2N1Cc1ccc2c(c1)OCO2)C1CCCCC1. The highest BCUT2D eigenvalue weighted by atomic mass is 32.2. The highest BCUT2D eigenvalue weighted by Crippen LogP contribution is 2.40. The normalized spacial score (nSPS) is 29.4. The first-order valence-corrected chi connectivity index (χ1v) is 12.8. The zero-order valence-corrected chi connectivity index (χ0v) is 17.7. The van der Waals surface area contributed by atoms with Crippen molar-refractivity contribution >= 4 is 32.7 Å². The molecule has 7 nitrogen and oxygen atoms in total. The third-order valence-corrected chi connectivity index (χ3v) is 9.37. The summed E-state index contributed by atoms with van der Waals surface area (Å²) in [6.45, 7) is 0.709. The minimum Gasteiger partial charge on any atom is -0.454 e. The number of aliphatic imine (C=N–C) groups is 1. The second-order valence-corrected chi connectivity index (χ2v) is 11.5. The molecule has 1 aromatic rings. The van der Waals surface area contributed by atoms with Gasteiger partial charge >= 0.3 is 0 Å². The van der Waals surface area contributed by atoms with Crippen LogP contribution in [0.4, 0.5) is 0 Å². The summed E-state index contributed by atoms with van der Waals surface area (Å²) >= 11 is 1.45. The fourth-order valence-corrected chi connectivity index (χ4v) is 8.55. The lowest BCUT2D eigenvalue weighted by Crippen LogP contribution is -2.37. The van der Waals surface area contributed by atoms with Crippen molar-refractivity contribution in [3.63, 3.8) is 0 Å². The van der Waals surface area contributed by atoms with Crippen LogP contribution in [0.5, 0.6) is 11.5 Å². The van der Waals surface area contributed by atoms with Gasteiger partial charge in [0.2, 0.25) is 6.79 Å². The molecule has 1 saturated carbocycles. The largest absolute Gasteiger partial charge is 0.454 e. The number of sulfone groups is 1. The van der Waals surface area contributed by atoms with Gasteiger partial charge in [0.05, 0.1) is 17.5 Å². The smallest absolute Gasteiger partial charge is 0.251 e. The summed E-state index contributed by atoms with van der Waals surface area (Å²) in [5.41, 5.74) is 0.984. The minimum atomic E-state index is -3.06. The quantitative estimate of drug-likeness (QED) is 0.720. The van der Waals surface area contributed by atoms with Gasteiger partial charge in [-0.25, -0.2) is 8.42 Å². The molecule has 1 aromatic carbocycles. The van der Waals surface area contributed by atoms with Crippen LogP contribution in [0, 0.1) is 5.92 Å². The summed E-state index contributed by atoms with van der Waals surface area (Å²) in [6, 6.07) is 5.60. The van der Waals surface area contributed by atoms with Crippen molar-refractivity contribution in [3.05, 3.63) is 23.8 Å². The van der Waals surface area contributed by atoms with E-state index in [4.69, 9.17) is 9.47 Å². The topological polar surface area (TPSA) is 85.3 Å². The van der Waals surface area contributed by atoms with Crippen LogP contribution in [-0.2, 0) is 21.2 Å². The summed E-state index contributed by atoms with van der Waals surface area (Å²) in [5, 5.41) is 0.607. The Morgan fingerprint density at radius 3 is 2.76 bits per heavy atom. The molecule has 9 heteroatoms. The van der Waals surface area contributed by atoms with Gasteiger partial charge in [-0.15, -0.1) is 0 Å². The summed E-state index contributed by atoms with van der Waals surface area (Å²) in [4.78, 5) is 19.3. The van der Waals surface area contributed by atoms with Crippen molar-refractivity contribution in [3.8, 4) is 11.5 Å². The molecule has 2 unspecified atom stereocenters. The van der Waals surface area contributed by atoms with E-state index < -0.39 is 9.84 Å². The van der Waals surface area contributed by atoms with E-state index >= 15 is 0 Å². The minimum absolute atomic E-state index is 0.00779. The van der Waals surface area contributed by atoms with E-state index in [9.17, 15) is 13.2 Å². The molecule has 0 spiro atoms. The van der Waals surface area contributed by atoms with Crippen molar-refractivity contribution in [2.45, 2.75) is 49.9 Å². The van der Waals surface area contributed by atoms with Crippen LogP contribution in [0.15, 0.2) is 23.2 Å². The molecule has 0 bridgehead atoms. The van der Waals surface area contributed by atoms with Crippen LogP contribution < -0.4 is 9.47 Å². The number of nitrogens with zero attached hydrogens (tertiary/aromatic N) is 2. The van der Waals surface area contributed by atoms with E-state index in [2.05, 4.69) is 4.99 Å². The fraction of sp³-hybridized carbons (Fsp3) is 0.600. The lowest BCUT2D eigenvalue weighted by Gasteiger charge is -2.25. The van der Waals surface area contributed by atoms with Crippen LogP contribution in [0.25, 0.3) is 0 Å². The van der Waals surface area contributed by atoms with Crippen LogP contribution in [0.2, 0.25) is 0 Å². The van der Waals surface area contributed by atoms with Crippen LogP contribution in [0.1, 0.15) is 37.7 Å². The first kappa shape index (κ1) is 19.2. The molecule has 2 atom stereocenters. The van der Waals surface area contributed by atoms with E-state index in [1.165, 1.54) is 18.2 Å². The van der Waals surface area contributed by atoms with E-state index in [0.717, 1.165) is 31.2 Å². The number of carbonyl (C=O) groups is 1. The van der Waals surface area contributed by atoms with Crippen LogP contribution >= 0.6 is 11.8 Å². The number of hydrogen-bond donors (Lipinski definition) is 0. The number of benzene rings is 1. The maximum Gasteiger partial charge on any atom is 0.251 e. The molecule has 3 fully saturated rings. The number of hydrogen-bond acceptors (Lipinski definition) is 6. The number of amides is 1. The average Bonchev–Trinajstić information content (AvgIpc) is 3.36. The van der Waals surface area contributed by atoms with E-state index in [-0.39, 0.29) is 41.4 Å². The monoisotopic (exact) mass is 436 g/mol. The molecule has 3 heterocycles. The third kappa shape index (κ3) is 3.86. The number of rotatable bonds is 3. The average molecular weight is 437 g/mol. The summed E-state index contributed by atoms with van der Waals surface area (Å²) in [6.07, 6.45) is 5.16. The molecule has 1 amide bonds. The maximum absolute atomic E-state index is 12.8.